The summed E-state index contributed by atoms with van der Waals surface area (Å²) in [5.41, 5.74) is 7.19. The van der Waals surface area contributed by atoms with Gasteiger partial charge in [0.2, 0.25) is 0 Å². The number of fused-ring (bicyclic) bond motifs is 2. The first kappa shape index (κ1) is 15.2. The summed E-state index contributed by atoms with van der Waals surface area (Å²) in [5, 5.41) is 0. The number of hydrogen-bond acceptors (Lipinski definition) is 3. The average molecular weight is 302 g/mol. The van der Waals surface area contributed by atoms with E-state index in [9.17, 15) is 4.79 Å². The Hall–Kier alpha value is -1.71. The van der Waals surface area contributed by atoms with Crippen LogP contribution in [0.25, 0.3) is 0 Å². The fourth-order valence-corrected chi connectivity index (χ4v) is 4.04. The second-order valence-corrected chi connectivity index (χ2v) is 7.59. The van der Waals surface area contributed by atoms with Crippen molar-refractivity contribution in [1.82, 2.24) is 4.90 Å². The molecule has 2 unspecified atom stereocenters. The SMILES string of the molecule is CC(C)(C)OC(=O)N1C2CCCC1(c1cccc(N)c1)CC2. The lowest BCUT2D eigenvalue weighted by molar-refractivity contribution is -0.0160. The molecule has 2 atom stereocenters. The topological polar surface area (TPSA) is 55.6 Å². The summed E-state index contributed by atoms with van der Waals surface area (Å²) < 4.78 is 5.69. The Balaban J connectivity index is 1.98. The summed E-state index contributed by atoms with van der Waals surface area (Å²) in [7, 11) is 0. The van der Waals surface area contributed by atoms with E-state index in [2.05, 4.69) is 6.07 Å². The fourth-order valence-electron chi connectivity index (χ4n) is 4.04. The molecule has 2 saturated heterocycles. The molecule has 1 aromatic rings. The van der Waals surface area contributed by atoms with Crippen LogP contribution in [0.15, 0.2) is 24.3 Å². The van der Waals surface area contributed by atoms with Crippen LogP contribution >= 0.6 is 0 Å². The van der Waals surface area contributed by atoms with Crippen LogP contribution in [0.3, 0.4) is 0 Å². The second-order valence-electron chi connectivity index (χ2n) is 7.59. The summed E-state index contributed by atoms with van der Waals surface area (Å²) in [6, 6.07) is 8.29. The van der Waals surface area contributed by atoms with Gasteiger partial charge in [0, 0.05) is 11.7 Å². The Morgan fingerprint density at radius 2 is 2.09 bits per heavy atom. The first-order chi connectivity index (χ1) is 10.3. The van der Waals surface area contributed by atoms with E-state index in [0.717, 1.165) is 43.4 Å². The molecular weight excluding hydrogens is 276 g/mol. The minimum atomic E-state index is -0.467. The first-order valence-electron chi connectivity index (χ1n) is 8.20. The maximum Gasteiger partial charge on any atom is 0.411 e. The highest BCUT2D eigenvalue weighted by molar-refractivity contribution is 5.71. The number of anilines is 1. The van der Waals surface area contributed by atoms with Gasteiger partial charge in [0.15, 0.2) is 0 Å². The van der Waals surface area contributed by atoms with Gasteiger partial charge in [-0.2, -0.15) is 0 Å². The molecule has 0 aromatic heterocycles. The monoisotopic (exact) mass is 302 g/mol. The summed E-state index contributed by atoms with van der Waals surface area (Å²) >= 11 is 0. The van der Waals surface area contributed by atoms with Gasteiger partial charge in [0.1, 0.15) is 5.60 Å². The van der Waals surface area contributed by atoms with Gasteiger partial charge in [-0.3, -0.25) is 4.90 Å². The van der Waals surface area contributed by atoms with E-state index in [1.54, 1.807) is 0 Å². The summed E-state index contributed by atoms with van der Waals surface area (Å²) in [5.74, 6) is 0. The standard InChI is InChI=1S/C18H26N2O2/c1-17(2,3)22-16(21)20-15-8-5-10-18(20,11-9-15)13-6-4-7-14(19)12-13/h4,6-7,12,15H,5,8-11,19H2,1-3H3. The molecule has 1 aromatic carbocycles. The molecule has 0 spiro atoms. The van der Waals surface area contributed by atoms with Crippen molar-refractivity contribution in [2.24, 2.45) is 0 Å². The molecule has 2 fully saturated rings. The number of carbonyl (C=O) groups excluding carboxylic acids is 1. The highest BCUT2D eigenvalue weighted by atomic mass is 16.6. The smallest absolute Gasteiger partial charge is 0.411 e. The summed E-state index contributed by atoms with van der Waals surface area (Å²) in [4.78, 5) is 14.8. The molecule has 3 rings (SSSR count). The molecular formula is C18H26N2O2. The van der Waals surface area contributed by atoms with Gasteiger partial charge in [-0.1, -0.05) is 12.1 Å². The third kappa shape index (κ3) is 2.55. The van der Waals surface area contributed by atoms with E-state index in [0.29, 0.717) is 6.04 Å². The van der Waals surface area contributed by atoms with Gasteiger partial charge in [0.25, 0.3) is 0 Å². The Bertz CT molecular complexity index is 575. The van der Waals surface area contributed by atoms with Crippen LogP contribution in [0.4, 0.5) is 10.5 Å². The van der Waals surface area contributed by atoms with E-state index in [1.807, 2.05) is 43.9 Å². The van der Waals surface area contributed by atoms with Gasteiger partial charge in [0.05, 0.1) is 5.54 Å². The number of benzene rings is 1. The zero-order chi connectivity index (χ0) is 16.0. The maximum absolute atomic E-state index is 12.8. The van der Waals surface area contributed by atoms with Crippen LogP contribution in [0.1, 0.15) is 58.4 Å². The van der Waals surface area contributed by atoms with Crippen LogP contribution < -0.4 is 5.73 Å². The summed E-state index contributed by atoms with van der Waals surface area (Å²) in [6.45, 7) is 5.76. The Morgan fingerprint density at radius 1 is 1.32 bits per heavy atom. The van der Waals surface area contributed by atoms with Gasteiger partial charge in [-0.15, -0.1) is 0 Å². The molecule has 0 aliphatic carbocycles. The van der Waals surface area contributed by atoms with Crippen LogP contribution in [0.5, 0.6) is 0 Å². The molecule has 0 radical (unpaired) electrons. The lowest BCUT2D eigenvalue weighted by Crippen LogP contribution is -2.52. The van der Waals surface area contributed by atoms with Gasteiger partial charge in [-0.05, 0) is 70.6 Å². The molecule has 2 N–H and O–H groups in total. The molecule has 2 aliphatic heterocycles. The molecule has 0 saturated carbocycles. The average Bonchev–Trinajstić information content (AvgIpc) is 2.65. The van der Waals surface area contributed by atoms with Crippen molar-refractivity contribution >= 4 is 11.8 Å². The second kappa shape index (κ2) is 5.18. The van der Waals surface area contributed by atoms with Crippen molar-refractivity contribution in [2.75, 3.05) is 5.73 Å². The predicted molar refractivity (Wildman–Crippen MR) is 87.5 cm³/mol. The van der Waals surface area contributed by atoms with Gasteiger partial charge < -0.3 is 10.5 Å². The van der Waals surface area contributed by atoms with Crippen molar-refractivity contribution < 1.29 is 9.53 Å². The van der Waals surface area contributed by atoms with E-state index in [-0.39, 0.29) is 11.6 Å². The van der Waals surface area contributed by atoms with Crippen molar-refractivity contribution in [1.29, 1.82) is 0 Å². The Kier molecular flexibility index (Phi) is 3.58. The predicted octanol–water partition coefficient (Wildman–Crippen LogP) is 4.05. The maximum atomic E-state index is 12.8. The third-order valence-corrected chi connectivity index (χ3v) is 4.86. The number of nitrogens with zero attached hydrogens (tertiary/aromatic N) is 1. The highest BCUT2D eigenvalue weighted by Crippen LogP contribution is 2.51. The molecule has 22 heavy (non-hydrogen) atoms. The zero-order valence-electron chi connectivity index (χ0n) is 13.8. The number of piperidine rings is 1. The van der Waals surface area contributed by atoms with Gasteiger partial charge >= 0.3 is 6.09 Å². The molecule has 4 nitrogen and oxygen atoms in total. The molecule has 1 amide bonds. The van der Waals surface area contributed by atoms with E-state index in [1.165, 1.54) is 0 Å². The number of hydrogen-bond donors (Lipinski definition) is 1. The molecule has 120 valence electrons. The van der Waals surface area contributed by atoms with Crippen molar-refractivity contribution in [2.45, 2.75) is 70.1 Å². The normalized spacial score (nSPS) is 27.8. The van der Waals surface area contributed by atoms with Crippen LogP contribution in [0.2, 0.25) is 0 Å². The zero-order valence-corrected chi connectivity index (χ0v) is 13.8. The van der Waals surface area contributed by atoms with Crippen LogP contribution in [-0.2, 0) is 10.3 Å². The summed E-state index contributed by atoms with van der Waals surface area (Å²) in [6.07, 6.45) is 5.08. The highest BCUT2D eigenvalue weighted by Gasteiger charge is 2.53. The largest absolute Gasteiger partial charge is 0.444 e. The fraction of sp³-hybridized carbons (Fsp3) is 0.611. The van der Waals surface area contributed by atoms with Crippen LogP contribution in [-0.4, -0.2) is 22.6 Å². The number of ether oxygens (including phenoxy) is 1. The molecule has 4 heteroatoms. The number of rotatable bonds is 1. The lowest BCUT2D eigenvalue weighted by Gasteiger charge is -2.45. The number of nitrogen functional groups attached to an aromatic ring is 1. The molecule has 2 aliphatic rings. The number of nitrogens with two attached hydrogens (primary N) is 1. The number of amides is 1. The van der Waals surface area contributed by atoms with Crippen molar-refractivity contribution in [3.05, 3.63) is 29.8 Å². The third-order valence-electron chi connectivity index (χ3n) is 4.86. The van der Waals surface area contributed by atoms with E-state index >= 15 is 0 Å². The Labute approximate surface area is 132 Å². The minimum Gasteiger partial charge on any atom is -0.444 e. The minimum absolute atomic E-state index is 0.183. The number of carbonyl (C=O) groups is 1. The first-order valence-corrected chi connectivity index (χ1v) is 8.20. The molecule has 2 heterocycles. The van der Waals surface area contributed by atoms with E-state index in [4.69, 9.17) is 10.5 Å². The Morgan fingerprint density at radius 3 is 2.77 bits per heavy atom. The molecule has 2 bridgehead atoms. The van der Waals surface area contributed by atoms with Gasteiger partial charge in [-0.25, -0.2) is 4.79 Å². The van der Waals surface area contributed by atoms with Crippen LogP contribution in [0, 0.1) is 0 Å². The quantitative estimate of drug-likeness (QED) is 0.796. The van der Waals surface area contributed by atoms with Crippen molar-refractivity contribution in [3.63, 3.8) is 0 Å². The van der Waals surface area contributed by atoms with E-state index < -0.39 is 5.60 Å². The lowest BCUT2D eigenvalue weighted by atomic mass is 9.81. The van der Waals surface area contributed by atoms with Crippen molar-refractivity contribution in [3.8, 4) is 0 Å².